The van der Waals surface area contributed by atoms with Crippen LogP contribution in [0, 0.1) is 0 Å². The standard InChI is InChI=1S/C4H2Br2O4/c5-2(1-3(7)8)4(9)10-6/h1H,(H,7,8)/b2-1+. The molecule has 0 spiro atoms. The molecule has 4 nitrogen and oxygen atoms in total. The number of hydrogen-bond acceptors (Lipinski definition) is 3. The minimum atomic E-state index is -1.22. The molecule has 6 heteroatoms. The Balaban J connectivity index is 4.19. The molecule has 0 fully saturated rings. The molecule has 56 valence electrons. The molecular weight excluding hydrogens is 272 g/mol. The SMILES string of the molecule is O=C(O)/C=C(/Br)C(=O)OBr. The summed E-state index contributed by atoms with van der Waals surface area (Å²) in [5, 5.41) is 8.10. The van der Waals surface area contributed by atoms with Crippen LogP contribution < -0.4 is 0 Å². The molecule has 10 heavy (non-hydrogen) atoms. The van der Waals surface area contributed by atoms with Gasteiger partial charge in [-0.05, 0) is 15.9 Å². The highest BCUT2D eigenvalue weighted by molar-refractivity contribution is 9.12. The van der Waals surface area contributed by atoms with E-state index in [0.717, 1.165) is 0 Å². The summed E-state index contributed by atoms with van der Waals surface area (Å²) in [6.07, 6.45) is 0.684. The summed E-state index contributed by atoms with van der Waals surface area (Å²) in [6, 6.07) is 0. The van der Waals surface area contributed by atoms with Gasteiger partial charge in [-0.1, -0.05) is 0 Å². The molecule has 0 aliphatic heterocycles. The van der Waals surface area contributed by atoms with E-state index in [2.05, 4.69) is 36.0 Å². The van der Waals surface area contributed by atoms with Crippen LogP contribution in [0.1, 0.15) is 0 Å². The maximum absolute atomic E-state index is 10.4. The van der Waals surface area contributed by atoms with Crippen LogP contribution in [0.25, 0.3) is 0 Å². The van der Waals surface area contributed by atoms with Gasteiger partial charge in [0.15, 0.2) is 16.3 Å². The van der Waals surface area contributed by atoms with Gasteiger partial charge in [0.05, 0.1) is 0 Å². The highest BCUT2D eigenvalue weighted by Crippen LogP contribution is 2.08. The van der Waals surface area contributed by atoms with Gasteiger partial charge in [-0.25, -0.2) is 9.59 Å². The third-order valence-electron chi connectivity index (χ3n) is 0.515. The topological polar surface area (TPSA) is 63.6 Å². The van der Waals surface area contributed by atoms with Crippen LogP contribution in [0.2, 0.25) is 0 Å². The third kappa shape index (κ3) is 3.62. The Kier molecular flexibility index (Phi) is 4.29. The van der Waals surface area contributed by atoms with Crippen molar-refractivity contribution >= 4 is 44.1 Å². The first-order valence-electron chi connectivity index (χ1n) is 2.01. The number of hydrogen-bond donors (Lipinski definition) is 1. The molecule has 0 heterocycles. The molecular formula is C4H2Br2O4. The first-order chi connectivity index (χ1) is 4.57. The number of carboxylic acids is 1. The van der Waals surface area contributed by atoms with Crippen molar-refractivity contribution in [3.8, 4) is 0 Å². The van der Waals surface area contributed by atoms with Crippen molar-refractivity contribution in [2.45, 2.75) is 0 Å². The van der Waals surface area contributed by atoms with Crippen molar-refractivity contribution in [3.05, 3.63) is 10.6 Å². The molecule has 1 N–H and O–H groups in total. The van der Waals surface area contributed by atoms with Gasteiger partial charge in [-0.3, -0.25) is 0 Å². The van der Waals surface area contributed by atoms with Crippen molar-refractivity contribution in [2.75, 3.05) is 0 Å². The van der Waals surface area contributed by atoms with Gasteiger partial charge in [0.25, 0.3) is 0 Å². The Morgan fingerprint density at radius 3 is 2.30 bits per heavy atom. The zero-order valence-electron chi connectivity index (χ0n) is 4.51. The summed E-state index contributed by atoms with van der Waals surface area (Å²) in [7, 11) is 0. The molecule has 0 unspecified atom stereocenters. The van der Waals surface area contributed by atoms with Crippen LogP contribution in [0.15, 0.2) is 10.6 Å². The van der Waals surface area contributed by atoms with E-state index in [1.165, 1.54) is 0 Å². The highest BCUT2D eigenvalue weighted by atomic mass is 79.9. The van der Waals surface area contributed by atoms with Crippen LogP contribution in [-0.4, -0.2) is 17.0 Å². The lowest BCUT2D eigenvalue weighted by Gasteiger charge is -1.89. The minimum absolute atomic E-state index is 0.156. The molecule has 0 rings (SSSR count). The second-order valence-corrected chi connectivity index (χ2v) is 2.37. The number of aliphatic carboxylic acids is 1. The molecule has 0 amide bonds. The molecule has 0 saturated heterocycles. The predicted molar refractivity (Wildman–Crippen MR) is 39.7 cm³/mol. The van der Waals surface area contributed by atoms with E-state index >= 15 is 0 Å². The number of halogens is 2. The summed E-state index contributed by atoms with van der Waals surface area (Å²) in [5.74, 6) is -2.01. The number of rotatable bonds is 2. The lowest BCUT2D eigenvalue weighted by molar-refractivity contribution is -0.132. The second-order valence-electron chi connectivity index (χ2n) is 1.20. The Bertz CT molecular complexity index is 186. The fourth-order valence-corrected chi connectivity index (χ4v) is 0.873. The second kappa shape index (κ2) is 4.45. The van der Waals surface area contributed by atoms with E-state index in [1.807, 2.05) is 0 Å². The first kappa shape index (κ1) is 9.64. The molecule has 0 aromatic rings. The molecule has 0 aromatic heterocycles. The lowest BCUT2D eigenvalue weighted by Crippen LogP contribution is -1.98. The van der Waals surface area contributed by atoms with Crippen molar-refractivity contribution < 1.29 is 18.5 Å². The highest BCUT2D eigenvalue weighted by Gasteiger charge is 2.07. The Hall–Kier alpha value is -0.360. The lowest BCUT2D eigenvalue weighted by atomic mass is 10.5. The van der Waals surface area contributed by atoms with Crippen molar-refractivity contribution in [2.24, 2.45) is 0 Å². The summed E-state index contributed by atoms with van der Waals surface area (Å²) in [4.78, 5) is 20.3. The number of carbonyl (C=O) groups excluding carboxylic acids is 1. The maximum Gasteiger partial charge on any atom is 0.356 e. The predicted octanol–water partition coefficient (Wildman–Crippen LogP) is 1.20. The van der Waals surface area contributed by atoms with Crippen molar-refractivity contribution in [1.82, 2.24) is 0 Å². The van der Waals surface area contributed by atoms with Gasteiger partial charge in [0, 0.05) is 6.08 Å². The summed E-state index contributed by atoms with van der Waals surface area (Å²) in [5.41, 5.74) is 0. The van der Waals surface area contributed by atoms with Crippen LogP contribution in [0.3, 0.4) is 0 Å². The van der Waals surface area contributed by atoms with Gasteiger partial charge in [-0.2, -0.15) is 0 Å². The average molecular weight is 274 g/mol. The van der Waals surface area contributed by atoms with Crippen molar-refractivity contribution in [1.29, 1.82) is 0 Å². The van der Waals surface area contributed by atoms with E-state index in [4.69, 9.17) is 5.11 Å². The largest absolute Gasteiger partial charge is 0.478 e. The van der Waals surface area contributed by atoms with Gasteiger partial charge in [-0.15, -0.1) is 0 Å². The Morgan fingerprint density at radius 2 is 2.00 bits per heavy atom. The third-order valence-corrected chi connectivity index (χ3v) is 1.36. The van der Waals surface area contributed by atoms with Crippen molar-refractivity contribution in [3.63, 3.8) is 0 Å². The van der Waals surface area contributed by atoms with Crippen LogP contribution in [0.5, 0.6) is 0 Å². The Morgan fingerprint density at radius 1 is 1.50 bits per heavy atom. The summed E-state index contributed by atoms with van der Waals surface area (Å²) in [6.45, 7) is 0. The molecule has 0 radical (unpaired) electrons. The normalized spacial score (nSPS) is 10.8. The van der Waals surface area contributed by atoms with Crippen LogP contribution in [-0.2, 0) is 13.4 Å². The van der Waals surface area contributed by atoms with Crippen LogP contribution in [0.4, 0.5) is 0 Å². The smallest absolute Gasteiger partial charge is 0.356 e. The molecule has 0 aliphatic rings. The first-order valence-corrected chi connectivity index (χ1v) is 3.45. The fourth-order valence-electron chi connectivity index (χ4n) is 0.204. The zero-order chi connectivity index (χ0) is 8.15. The minimum Gasteiger partial charge on any atom is -0.478 e. The van der Waals surface area contributed by atoms with E-state index in [0.29, 0.717) is 6.08 Å². The van der Waals surface area contributed by atoms with Gasteiger partial charge < -0.3 is 8.93 Å². The summed E-state index contributed by atoms with van der Waals surface area (Å²) < 4.78 is 3.85. The monoisotopic (exact) mass is 272 g/mol. The van der Waals surface area contributed by atoms with Gasteiger partial charge >= 0.3 is 11.9 Å². The van der Waals surface area contributed by atoms with Gasteiger partial charge in [0.1, 0.15) is 4.48 Å². The fraction of sp³-hybridized carbons (Fsp3) is 0. The zero-order valence-corrected chi connectivity index (χ0v) is 7.68. The van der Waals surface area contributed by atoms with Crippen LogP contribution >= 0.6 is 32.2 Å². The molecule has 0 atom stereocenters. The number of carboxylic acid groups (broad SMARTS) is 1. The van der Waals surface area contributed by atoms with E-state index < -0.39 is 11.9 Å². The molecule has 0 aliphatic carbocycles. The quantitative estimate of drug-likeness (QED) is 0.768. The average Bonchev–Trinajstić information content (AvgIpc) is 1.85. The maximum atomic E-state index is 10.4. The molecule has 0 aromatic carbocycles. The van der Waals surface area contributed by atoms with E-state index in [-0.39, 0.29) is 4.48 Å². The summed E-state index contributed by atoms with van der Waals surface area (Å²) >= 11 is 5.07. The molecule has 0 bridgehead atoms. The molecule has 0 saturated carbocycles. The van der Waals surface area contributed by atoms with Gasteiger partial charge in [0.2, 0.25) is 0 Å². The van der Waals surface area contributed by atoms with E-state index in [1.54, 1.807) is 0 Å². The number of carbonyl (C=O) groups is 2. The van der Waals surface area contributed by atoms with E-state index in [9.17, 15) is 9.59 Å². The Labute approximate surface area is 73.4 Å².